The van der Waals surface area contributed by atoms with Gasteiger partial charge in [-0.3, -0.25) is 4.79 Å². The number of sulfonamides is 1. The first-order valence-corrected chi connectivity index (χ1v) is 8.03. The van der Waals surface area contributed by atoms with Gasteiger partial charge in [-0.15, -0.1) is 6.58 Å². The van der Waals surface area contributed by atoms with Crippen LogP contribution in [0.25, 0.3) is 0 Å². The highest BCUT2D eigenvalue weighted by Gasteiger charge is 2.27. The van der Waals surface area contributed by atoms with Crippen LogP contribution in [0.2, 0.25) is 0 Å². The Morgan fingerprint density at radius 3 is 2.90 bits per heavy atom. The number of carbonyl (C=O) groups excluding carboxylic acids is 1. The first kappa shape index (κ1) is 15.5. The van der Waals surface area contributed by atoms with Gasteiger partial charge in [-0.05, 0) is 25.1 Å². The molecule has 1 aliphatic heterocycles. The SMILES string of the molecule is C=CCNS(=O)(=O)c1ccc2c(c1)N(C(C)=O)CC(C)O2. The van der Waals surface area contributed by atoms with E-state index in [0.717, 1.165) is 0 Å². The molecule has 2 rings (SSSR count). The predicted molar refractivity (Wildman–Crippen MR) is 79.9 cm³/mol. The Morgan fingerprint density at radius 1 is 1.57 bits per heavy atom. The molecule has 1 aromatic rings. The Bertz CT molecular complexity index is 670. The number of hydrogen-bond donors (Lipinski definition) is 1. The van der Waals surface area contributed by atoms with Gasteiger partial charge in [-0.25, -0.2) is 13.1 Å². The summed E-state index contributed by atoms with van der Waals surface area (Å²) in [4.78, 5) is 13.3. The number of benzene rings is 1. The fourth-order valence-electron chi connectivity index (χ4n) is 2.13. The molecule has 0 aromatic heterocycles. The van der Waals surface area contributed by atoms with E-state index in [1.165, 1.54) is 30.0 Å². The van der Waals surface area contributed by atoms with Crippen molar-refractivity contribution in [2.24, 2.45) is 0 Å². The molecule has 114 valence electrons. The van der Waals surface area contributed by atoms with Crippen molar-refractivity contribution in [1.29, 1.82) is 0 Å². The zero-order valence-corrected chi connectivity index (χ0v) is 12.8. The first-order valence-electron chi connectivity index (χ1n) is 6.54. The topological polar surface area (TPSA) is 75.7 Å². The largest absolute Gasteiger partial charge is 0.487 e. The van der Waals surface area contributed by atoms with Crippen molar-refractivity contribution in [3.8, 4) is 5.75 Å². The third-order valence-corrected chi connectivity index (χ3v) is 4.52. The minimum Gasteiger partial charge on any atom is -0.487 e. The van der Waals surface area contributed by atoms with Crippen LogP contribution in [-0.4, -0.2) is 33.5 Å². The molecule has 0 fully saturated rings. The van der Waals surface area contributed by atoms with Gasteiger partial charge in [0.15, 0.2) is 0 Å². The van der Waals surface area contributed by atoms with Gasteiger partial charge in [0, 0.05) is 13.5 Å². The molecule has 1 aromatic carbocycles. The summed E-state index contributed by atoms with van der Waals surface area (Å²) in [6, 6.07) is 4.48. The number of rotatable bonds is 4. The third kappa shape index (κ3) is 3.25. The lowest BCUT2D eigenvalue weighted by molar-refractivity contribution is -0.117. The van der Waals surface area contributed by atoms with E-state index in [9.17, 15) is 13.2 Å². The van der Waals surface area contributed by atoms with Gasteiger partial charge >= 0.3 is 0 Å². The summed E-state index contributed by atoms with van der Waals surface area (Å²) < 4.78 is 32.3. The Labute approximate surface area is 124 Å². The molecule has 0 spiro atoms. The fraction of sp³-hybridized carbons (Fsp3) is 0.357. The maximum Gasteiger partial charge on any atom is 0.240 e. The van der Waals surface area contributed by atoms with Gasteiger partial charge in [0.05, 0.1) is 17.1 Å². The van der Waals surface area contributed by atoms with E-state index in [1.807, 2.05) is 6.92 Å². The van der Waals surface area contributed by atoms with Crippen LogP contribution in [0.15, 0.2) is 35.7 Å². The molecule has 0 saturated heterocycles. The second-order valence-corrected chi connectivity index (χ2v) is 6.60. The van der Waals surface area contributed by atoms with E-state index < -0.39 is 10.0 Å². The Kier molecular flexibility index (Phi) is 4.34. The van der Waals surface area contributed by atoms with Crippen LogP contribution in [0, 0.1) is 0 Å². The monoisotopic (exact) mass is 310 g/mol. The standard InChI is InChI=1S/C14H18N2O4S/c1-4-7-15-21(18,19)12-5-6-14-13(8-12)16(11(3)17)9-10(2)20-14/h4-6,8,10,15H,1,7,9H2,2-3H3. The second-order valence-electron chi connectivity index (χ2n) is 4.83. The molecule has 1 N–H and O–H groups in total. The van der Waals surface area contributed by atoms with Crippen LogP contribution in [-0.2, 0) is 14.8 Å². The second kappa shape index (κ2) is 5.87. The van der Waals surface area contributed by atoms with Crippen molar-refractivity contribution in [1.82, 2.24) is 4.72 Å². The quantitative estimate of drug-likeness (QED) is 0.850. The molecule has 1 atom stereocenters. The van der Waals surface area contributed by atoms with Crippen molar-refractivity contribution in [2.45, 2.75) is 24.8 Å². The van der Waals surface area contributed by atoms with E-state index in [4.69, 9.17) is 4.74 Å². The van der Waals surface area contributed by atoms with Gasteiger partial charge in [0.25, 0.3) is 0 Å². The predicted octanol–water partition coefficient (Wildman–Crippen LogP) is 1.28. The van der Waals surface area contributed by atoms with Crippen molar-refractivity contribution >= 4 is 21.6 Å². The summed E-state index contributed by atoms with van der Waals surface area (Å²) in [6.07, 6.45) is 1.32. The minimum absolute atomic E-state index is 0.0903. The van der Waals surface area contributed by atoms with E-state index >= 15 is 0 Å². The first-order chi connectivity index (χ1) is 9.85. The van der Waals surface area contributed by atoms with Crippen LogP contribution in [0.4, 0.5) is 5.69 Å². The van der Waals surface area contributed by atoms with Crippen LogP contribution >= 0.6 is 0 Å². The van der Waals surface area contributed by atoms with Crippen molar-refractivity contribution in [3.63, 3.8) is 0 Å². The number of carbonyl (C=O) groups is 1. The van der Waals surface area contributed by atoms with E-state index in [2.05, 4.69) is 11.3 Å². The van der Waals surface area contributed by atoms with Crippen molar-refractivity contribution in [3.05, 3.63) is 30.9 Å². The molecular formula is C14H18N2O4S. The summed E-state index contributed by atoms with van der Waals surface area (Å²) in [5.74, 6) is 0.353. The Morgan fingerprint density at radius 2 is 2.29 bits per heavy atom. The third-order valence-electron chi connectivity index (χ3n) is 3.10. The maximum absolute atomic E-state index is 12.1. The number of nitrogens with one attached hydrogen (secondary N) is 1. The number of hydrogen-bond acceptors (Lipinski definition) is 4. The molecule has 0 radical (unpaired) electrons. The molecular weight excluding hydrogens is 292 g/mol. The molecule has 6 nitrogen and oxygen atoms in total. The summed E-state index contributed by atoms with van der Waals surface area (Å²) in [6.45, 7) is 7.31. The molecule has 1 unspecified atom stereocenters. The van der Waals surface area contributed by atoms with Gasteiger partial charge in [-0.2, -0.15) is 0 Å². The van der Waals surface area contributed by atoms with Crippen LogP contribution in [0.1, 0.15) is 13.8 Å². The van der Waals surface area contributed by atoms with Crippen molar-refractivity contribution in [2.75, 3.05) is 18.0 Å². The van der Waals surface area contributed by atoms with Crippen LogP contribution < -0.4 is 14.4 Å². The van der Waals surface area contributed by atoms with Gasteiger partial charge in [0.1, 0.15) is 11.9 Å². The van der Waals surface area contributed by atoms with E-state index in [0.29, 0.717) is 18.0 Å². The van der Waals surface area contributed by atoms with E-state index in [1.54, 1.807) is 6.07 Å². The highest BCUT2D eigenvalue weighted by Crippen LogP contribution is 2.35. The smallest absolute Gasteiger partial charge is 0.240 e. The molecule has 0 saturated carbocycles. The highest BCUT2D eigenvalue weighted by molar-refractivity contribution is 7.89. The molecule has 1 heterocycles. The average Bonchev–Trinajstić information content (AvgIpc) is 2.43. The fourth-order valence-corrected chi connectivity index (χ4v) is 3.15. The normalized spacial score (nSPS) is 17.8. The highest BCUT2D eigenvalue weighted by atomic mass is 32.2. The van der Waals surface area contributed by atoms with Crippen molar-refractivity contribution < 1.29 is 17.9 Å². The van der Waals surface area contributed by atoms with Crippen LogP contribution in [0.3, 0.4) is 0 Å². The molecule has 7 heteroatoms. The van der Waals surface area contributed by atoms with Gasteiger partial charge in [-0.1, -0.05) is 6.08 Å². The number of anilines is 1. The molecule has 0 bridgehead atoms. The number of fused-ring (bicyclic) bond motifs is 1. The van der Waals surface area contributed by atoms with E-state index in [-0.39, 0.29) is 23.5 Å². The number of ether oxygens (including phenoxy) is 1. The lowest BCUT2D eigenvalue weighted by atomic mass is 10.2. The summed E-state index contributed by atoms with van der Waals surface area (Å²) in [7, 11) is -3.63. The summed E-state index contributed by atoms with van der Waals surface area (Å²) in [5, 5.41) is 0. The molecule has 1 amide bonds. The number of nitrogens with zero attached hydrogens (tertiary/aromatic N) is 1. The minimum atomic E-state index is -3.63. The zero-order valence-electron chi connectivity index (χ0n) is 12.0. The maximum atomic E-state index is 12.1. The Hall–Kier alpha value is -1.86. The Balaban J connectivity index is 2.44. The molecule has 1 aliphatic rings. The van der Waals surface area contributed by atoms with Gasteiger partial charge < -0.3 is 9.64 Å². The summed E-state index contributed by atoms with van der Waals surface area (Å²) >= 11 is 0. The number of amides is 1. The van der Waals surface area contributed by atoms with Crippen LogP contribution in [0.5, 0.6) is 5.75 Å². The zero-order chi connectivity index (χ0) is 15.6. The lowest BCUT2D eigenvalue weighted by Gasteiger charge is -2.33. The lowest BCUT2D eigenvalue weighted by Crippen LogP contribution is -2.41. The molecule has 21 heavy (non-hydrogen) atoms. The molecule has 0 aliphatic carbocycles. The average molecular weight is 310 g/mol. The van der Waals surface area contributed by atoms with Gasteiger partial charge in [0.2, 0.25) is 15.9 Å². The summed E-state index contributed by atoms with van der Waals surface area (Å²) in [5.41, 5.74) is 0.474.